The smallest absolute Gasteiger partial charge is 0.0575 e. The van der Waals surface area contributed by atoms with Gasteiger partial charge in [0.2, 0.25) is 0 Å². The van der Waals surface area contributed by atoms with E-state index in [1.165, 1.54) is 24.0 Å². The second-order valence-electron chi connectivity index (χ2n) is 4.80. The summed E-state index contributed by atoms with van der Waals surface area (Å²) in [5.41, 5.74) is 5.84. The minimum atomic E-state index is 0.166. The number of rotatable bonds is 4. The molecule has 1 aromatic carbocycles. The van der Waals surface area contributed by atoms with E-state index in [0.29, 0.717) is 0 Å². The Morgan fingerprint density at radius 3 is 2.44 bits per heavy atom. The van der Waals surface area contributed by atoms with Crippen LogP contribution in [-0.4, -0.2) is 0 Å². The lowest BCUT2D eigenvalue weighted by molar-refractivity contribution is 0.439. The largest absolute Gasteiger partial charge is 0.271 e. The Bertz CT molecular complexity index is 534. The van der Waals surface area contributed by atoms with Gasteiger partial charge in [0.1, 0.15) is 0 Å². The predicted octanol–water partition coefficient (Wildman–Crippen LogP) is 3.75. The zero-order valence-electron chi connectivity index (χ0n) is 9.90. The first kappa shape index (κ1) is 12.4. The highest BCUT2D eigenvalue weighted by atomic mass is 79.9. The van der Waals surface area contributed by atoms with Gasteiger partial charge in [-0.3, -0.25) is 11.3 Å². The van der Waals surface area contributed by atoms with Crippen molar-refractivity contribution in [2.75, 3.05) is 0 Å². The van der Waals surface area contributed by atoms with Crippen LogP contribution in [0.25, 0.3) is 0 Å². The Morgan fingerprint density at radius 2 is 1.94 bits per heavy atom. The second-order valence-corrected chi connectivity index (χ2v) is 6.39. The van der Waals surface area contributed by atoms with E-state index < -0.39 is 0 Å². The molecule has 1 unspecified atom stereocenters. The quantitative estimate of drug-likeness (QED) is 0.664. The predicted molar refractivity (Wildman–Crippen MR) is 79.4 cm³/mol. The maximum absolute atomic E-state index is 5.83. The van der Waals surface area contributed by atoms with E-state index in [-0.39, 0.29) is 11.5 Å². The molecular weight excluding hydrogens is 308 g/mol. The number of hydrogen-bond acceptors (Lipinski definition) is 3. The first-order chi connectivity index (χ1) is 8.78. The van der Waals surface area contributed by atoms with Gasteiger partial charge in [-0.1, -0.05) is 30.3 Å². The lowest BCUT2D eigenvalue weighted by atomic mass is 9.85. The Labute approximate surface area is 119 Å². The van der Waals surface area contributed by atoms with Gasteiger partial charge in [-0.2, -0.15) is 11.3 Å². The summed E-state index contributed by atoms with van der Waals surface area (Å²) in [6, 6.07) is 10.9. The van der Waals surface area contributed by atoms with E-state index >= 15 is 0 Å². The first-order valence-electron chi connectivity index (χ1n) is 6.01. The normalized spacial score (nSPS) is 18.6. The van der Waals surface area contributed by atoms with E-state index in [2.05, 4.69) is 62.4 Å². The summed E-state index contributed by atoms with van der Waals surface area (Å²) in [7, 11) is 0. The van der Waals surface area contributed by atoms with Crippen molar-refractivity contribution in [2.45, 2.75) is 24.3 Å². The van der Waals surface area contributed by atoms with Crippen molar-refractivity contribution >= 4 is 27.3 Å². The molecule has 2 aromatic rings. The molecule has 1 heterocycles. The highest BCUT2D eigenvalue weighted by Gasteiger charge is 2.51. The SMILES string of the molecule is NNC(c1cscc1Br)C1(c2ccccc2)CC1. The highest BCUT2D eigenvalue weighted by Crippen LogP contribution is 2.57. The minimum Gasteiger partial charge on any atom is -0.271 e. The topological polar surface area (TPSA) is 38.0 Å². The fourth-order valence-electron chi connectivity index (χ4n) is 2.69. The third kappa shape index (κ3) is 1.93. The summed E-state index contributed by atoms with van der Waals surface area (Å²) in [6.45, 7) is 0. The monoisotopic (exact) mass is 322 g/mol. The van der Waals surface area contributed by atoms with E-state index in [4.69, 9.17) is 5.84 Å². The molecule has 0 spiro atoms. The summed E-state index contributed by atoms with van der Waals surface area (Å²) >= 11 is 5.32. The molecule has 1 aliphatic rings. The van der Waals surface area contributed by atoms with Crippen molar-refractivity contribution in [3.05, 3.63) is 56.7 Å². The zero-order chi connectivity index (χ0) is 12.6. The van der Waals surface area contributed by atoms with Gasteiger partial charge in [0.05, 0.1) is 6.04 Å². The number of benzene rings is 1. The summed E-state index contributed by atoms with van der Waals surface area (Å²) in [5.74, 6) is 5.83. The maximum atomic E-state index is 5.83. The molecule has 3 N–H and O–H groups in total. The Balaban J connectivity index is 2.00. The number of nitrogens with one attached hydrogen (secondary N) is 1. The molecule has 1 aliphatic carbocycles. The van der Waals surface area contributed by atoms with Crippen LogP contribution in [0.2, 0.25) is 0 Å². The number of nitrogens with two attached hydrogens (primary N) is 1. The van der Waals surface area contributed by atoms with Crippen molar-refractivity contribution in [1.29, 1.82) is 0 Å². The molecule has 1 fully saturated rings. The number of hydrogen-bond donors (Lipinski definition) is 2. The van der Waals surface area contributed by atoms with E-state index in [9.17, 15) is 0 Å². The van der Waals surface area contributed by atoms with Crippen LogP contribution in [0.5, 0.6) is 0 Å². The molecule has 0 aliphatic heterocycles. The molecule has 4 heteroatoms. The number of thiophene rings is 1. The highest BCUT2D eigenvalue weighted by molar-refractivity contribution is 9.10. The average molecular weight is 323 g/mol. The molecule has 1 saturated carbocycles. The van der Waals surface area contributed by atoms with Gasteiger partial charge in [-0.15, -0.1) is 0 Å². The fourth-order valence-corrected chi connectivity index (χ4v) is 4.24. The van der Waals surface area contributed by atoms with Crippen LogP contribution in [-0.2, 0) is 5.41 Å². The number of halogens is 1. The van der Waals surface area contributed by atoms with Crippen molar-refractivity contribution < 1.29 is 0 Å². The molecule has 0 amide bonds. The summed E-state index contributed by atoms with van der Waals surface area (Å²) in [6.07, 6.45) is 2.38. The van der Waals surface area contributed by atoms with Crippen LogP contribution in [0.15, 0.2) is 45.6 Å². The molecule has 3 rings (SSSR count). The fraction of sp³-hybridized carbons (Fsp3) is 0.286. The third-order valence-corrected chi connectivity index (χ3v) is 5.56. The van der Waals surface area contributed by atoms with Gasteiger partial charge < -0.3 is 0 Å². The molecule has 1 aromatic heterocycles. The van der Waals surface area contributed by atoms with Crippen LogP contribution < -0.4 is 11.3 Å². The molecule has 2 nitrogen and oxygen atoms in total. The summed E-state index contributed by atoms with van der Waals surface area (Å²) in [4.78, 5) is 0. The van der Waals surface area contributed by atoms with E-state index in [1.54, 1.807) is 11.3 Å². The first-order valence-corrected chi connectivity index (χ1v) is 7.75. The van der Waals surface area contributed by atoms with E-state index in [0.717, 1.165) is 4.47 Å². The van der Waals surface area contributed by atoms with Crippen LogP contribution >= 0.6 is 27.3 Å². The van der Waals surface area contributed by atoms with Gasteiger partial charge in [0.25, 0.3) is 0 Å². The molecule has 0 saturated heterocycles. The molecule has 94 valence electrons. The molecule has 18 heavy (non-hydrogen) atoms. The second kappa shape index (κ2) is 4.78. The van der Waals surface area contributed by atoms with Gasteiger partial charge in [-0.25, -0.2) is 0 Å². The van der Waals surface area contributed by atoms with Gasteiger partial charge >= 0.3 is 0 Å². The van der Waals surface area contributed by atoms with Crippen LogP contribution in [0.3, 0.4) is 0 Å². The maximum Gasteiger partial charge on any atom is 0.0575 e. The molecule has 1 atom stereocenters. The third-order valence-electron chi connectivity index (χ3n) is 3.81. The lowest BCUT2D eigenvalue weighted by Crippen LogP contribution is -2.36. The van der Waals surface area contributed by atoms with Crippen molar-refractivity contribution in [2.24, 2.45) is 5.84 Å². The lowest BCUT2D eigenvalue weighted by Gasteiger charge is -2.27. The summed E-state index contributed by atoms with van der Waals surface area (Å²) < 4.78 is 1.15. The van der Waals surface area contributed by atoms with Gasteiger partial charge in [0.15, 0.2) is 0 Å². The summed E-state index contributed by atoms with van der Waals surface area (Å²) in [5, 5.41) is 4.29. The zero-order valence-corrected chi connectivity index (χ0v) is 12.3. The molecule has 0 bridgehead atoms. The Hall–Kier alpha value is -0.680. The van der Waals surface area contributed by atoms with E-state index in [1.807, 2.05) is 0 Å². The van der Waals surface area contributed by atoms with Crippen LogP contribution in [0.4, 0.5) is 0 Å². The average Bonchev–Trinajstić information content (AvgIpc) is 3.10. The van der Waals surface area contributed by atoms with Gasteiger partial charge in [0, 0.05) is 15.3 Å². The van der Waals surface area contributed by atoms with Gasteiger partial charge in [-0.05, 0) is 45.3 Å². The molecule has 0 radical (unpaired) electrons. The van der Waals surface area contributed by atoms with Crippen LogP contribution in [0, 0.1) is 0 Å². The Kier molecular flexibility index (Phi) is 3.28. The van der Waals surface area contributed by atoms with Crippen molar-refractivity contribution in [3.63, 3.8) is 0 Å². The standard InChI is InChI=1S/C14H15BrN2S/c15-12-9-18-8-11(12)13(17-16)14(6-7-14)10-4-2-1-3-5-10/h1-5,8-9,13,17H,6-7,16H2. The van der Waals surface area contributed by atoms with Crippen molar-refractivity contribution in [3.8, 4) is 0 Å². The Morgan fingerprint density at radius 1 is 1.22 bits per heavy atom. The minimum absolute atomic E-state index is 0.166. The van der Waals surface area contributed by atoms with Crippen LogP contribution in [0.1, 0.15) is 30.0 Å². The van der Waals surface area contributed by atoms with Crippen molar-refractivity contribution in [1.82, 2.24) is 5.43 Å². The number of hydrazine groups is 1. The molecular formula is C14H15BrN2S.